The number of aromatic amines is 1. The van der Waals surface area contributed by atoms with Gasteiger partial charge < -0.3 is 10.1 Å². The van der Waals surface area contributed by atoms with Gasteiger partial charge in [-0.25, -0.2) is 0 Å². The van der Waals surface area contributed by atoms with Gasteiger partial charge in [0.25, 0.3) is 5.91 Å². The highest BCUT2D eigenvalue weighted by molar-refractivity contribution is 5.94. The summed E-state index contributed by atoms with van der Waals surface area (Å²) < 4.78 is 7.73. The largest absolute Gasteiger partial charge is 0.369 e. The Bertz CT molecular complexity index is 717. The second kappa shape index (κ2) is 6.05. The lowest BCUT2D eigenvalue weighted by atomic mass is 9.80. The van der Waals surface area contributed by atoms with Crippen LogP contribution >= 0.6 is 0 Å². The number of amides is 1. The summed E-state index contributed by atoms with van der Waals surface area (Å²) in [6.45, 7) is 4.93. The van der Waals surface area contributed by atoms with Crippen molar-refractivity contribution in [3.63, 3.8) is 0 Å². The molecule has 2 aromatic rings. The molecule has 2 N–H and O–H groups in total. The van der Waals surface area contributed by atoms with E-state index in [1.54, 1.807) is 6.20 Å². The van der Waals surface area contributed by atoms with E-state index in [1.165, 1.54) is 0 Å². The van der Waals surface area contributed by atoms with E-state index in [0.717, 1.165) is 37.1 Å². The molecular formula is C17H23N5O2. The number of hydrogen-bond donors (Lipinski definition) is 2. The van der Waals surface area contributed by atoms with Crippen molar-refractivity contribution in [2.75, 3.05) is 0 Å². The third kappa shape index (κ3) is 2.84. The van der Waals surface area contributed by atoms with Crippen LogP contribution in [0.4, 0.5) is 0 Å². The molecule has 1 fully saturated rings. The van der Waals surface area contributed by atoms with Crippen molar-refractivity contribution in [2.24, 2.45) is 5.92 Å². The maximum atomic E-state index is 12.6. The van der Waals surface area contributed by atoms with E-state index < -0.39 is 0 Å². The van der Waals surface area contributed by atoms with E-state index in [-0.39, 0.29) is 24.2 Å². The number of carbonyl (C=O) groups is 1. The van der Waals surface area contributed by atoms with Gasteiger partial charge in [-0.1, -0.05) is 0 Å². The molecule has 0 spiro atoms. The predicted octanol–water partition coefficient (Wildman–Crippen LogP) is 1.84. The third-order valence-corrected chi connectivity index (χ3v) is 5.02. The number of nitrogens with zero attached hydrogens (tertiary/aromatic N) is 3. The van der Waals surface area contributed by atoms with Crippen LogP contribution in [0.3, 0.4) is 0 Å². The first-order valence-corrected chi connectivity index (χ1v) is 8.61. The molecule has 2 aliphatic rings. The van der Waals surface area contributed by atoms with E-state index in [1.807, 2.05) is 30.8 Å². The lowest BCUT2D eigenvalue weighted by Gasteiger charge is -2.35. The Morgan fingerprint density at radius 1 is 1.46 bits per heavy atom. The topological polar surface area (TPSA) is 84.8 Å². The fraction of sp³-hybridized carbons (Fsp3) is 0.588. The van der Waals surface area contributed by atoms with E-state index in [0.29, 0.717) is 11.6 Å². The maximum absolute atomic E-state index is 12.6. The standard InChI is InChI=1S/C17H23N5O2/c1-10-6-14-15(11(2)24-10)20-21-16(14)17(23)19-13-7-12(8-13)9-22-5-3-4-18-22/h3-5,10-13H,6-9H2,1-2H3,(H,19,23)(H,20,21)/t10-,11+,12?,13?/m1/s1. The zero-order chi connectivity index (χ0) is 16.7. The van der Waals surface area contributed by atoms with Crippen LogP contribution in [0.25, 0.3) is 0 Å². The Morgan fingerprint density at radius 3 is 3.04 bits per heavy atom. The molecule has 2 atom stereocenters. The van der Waals surface area contributed by atoms with Crippen molar-refractivity contribution in [1.29, 1.82) is 0 Å². The number of ether oxygens (including phenoxy) is 1. The van der Waals surface area contributed by atoms with Gasteiger partial charge in [-0.15, -0.1) is 0 Å². The van der Waals surface area contributed by atoms with Crippen molar-refractivity contribution in [3.05, 3.63) is 35.4 Å². The fourth-order valence-corrected chi connectivity index (χ4v) is 3.79. The molecule has 7 nitrogen and oxygen atoms in total. The summed E-state index contributed by atoms with van der Waals surface area (Å²) in [5.41, 5.74) is 2.47. The van der Waals surface area contributed by atoms with Crippen LogP contribution in [0, 0.1) is 5.92 Å². The molecule has 128 valence electrons. The van der Waals surface area contributed by atoms with Crippen LogP contribution in [0.1, 0.15) is 54.5 Å². The molecule has 2 aromatic heterocycles. The summed E-state index contributed by atoms with van der Waals surface area (Å²) in [5, 5.41) is 14.6. The minimum Gasteiger partial charge on any atom is -0.369 e. The van der Waals surface area contributed by atoms with Gasteiger partial charge in [0, 0.05) is 37.0 Å². The third-order valence-electron chi connectivity index (χ3n) is 5.02. The second-order valence-corrected chi connectivity index (χ2v) is 6.99. The Labute approximate surface area is 140 Å². The number of aromatic nitrogens is 4. The monoisotopic (exact) mass is 329 g/mol. The molecule has 0 bridgehead atoms. The first-order valence-electron chi connectivity index (χ1n) is 8.61. The van der Waals surface area contributed by atoms with Crippen LogP contribution in [0.5, 0.6) is 0 Å². The van der Waals surface area contributed by atoms with Gasteiger partial charge in [-0.3, -0.25) is 14.6 Å². The highest BCUT2D eigenvalue weighted by Crippen LogP contribution is 2.31. The fourth-order valence-electron chi connectivity index (χ4n) is 3.79. The van der Waals surface area contributed by atoms with Crippen molar-refractivity contribution >= 4 is 5.91 Å². The Hall–Kier alpha value is -2.15. The number of rotatable bonds is 4. The molecule has 24 heavy (non-hydrogen) atoms. The minimum absolute atomic E-state index is 0.0417. The molecular weight excluding hydrogens is 306 g/mol. The normalized spacial score (nSPS) is 28.9. The quantitative estimate of drug-likeness (QED) is 0.896. The van der Waals surface area contributed by atoms with Gasteiger partial charge in [-0.2, -0.15) is 10.2 Å². The van der Waals surface area contributed by atoms with Gasteiger partial charge in [0.2, 0.25) is 0 Å². The summed E-state index contributed by atoms with van der Waals surface area (Å²) in [6.07, 6.45) is 6.56. The predicted molar refractivity (Wildman–Crippen MR) is 87.5 cm³/mol. The van der Waals surface area contributed by atoms with E-state index >= 15 is 0 Å². The van der Waals surface area contributed by atoms with Gasteiger partial charge in [0.05, 0.1) is 17.9 Å². The summed E-state index contributed by atoms with van der Waals surface area (Å²) in [5.74, 6) is 0.507. The van der Waals surface area contributed by atoms with Crippen LogP contribution in [0.2, 0.25) is 0 Å². The van der Waals surface area contributed by atoms with Gasteiger partial charge in [0.1, 0.15) is 0 Å². The van der Waals surface area contributed by atoms with Gasteiger partial charge in [0.15, 0.2) is 5.69 Å². The van der Waals surface area contributed by atoms with E-state index in [9.17, 15) is 4.79 Å². The number of nitrogens with one attached hydrogen (secondary N) is 2. The molecule has 7 heteroatoms. The summed E-state index contributed by atoms with van der Waals surface area (Å²) in [4.78, 5) is 12.6. The maximum Gasteiger partial charge on any atom is 0.272 e. The molecule has 0 aromatic carbocycles. The Balaban J connectivity index is 1.35. The molecule has 1 aliphatic heterocycles. The Kier molecular flexibility index (Phi) is 3.88. The van der Waals surface area contributed by atoms with Crippen LogP contribution in [-0.4, -0.2) is 38.0 Å². The molecule has 1 amide bonds. The summed E-state index contributed by atoms with van der Waals surface area (Å²) >= 11 is 0. The number of H-pyrrole nitrogens is 1. The summed E-state index contributed by atoms with van der Waals surface area (Å²) in [7, 11) is 0. The first kappa shape index (κ1) is 15.4. The molecule has 1 aliphatic carbocycles. The van der Waals surface area contributed by atoms with Gasteiger partial charge in [-0.05, 0) is 38.7 Å². The lowest BCUT2D eigenvalue weighted by Crippen LogP contribution is -2.45. The van der Waals surface area contributed by atoms with Crippen LogP contribution < -0.4 is 5.32 Å². The highest BCUT2D eigenvalue weighted by atomic mass is 16.5. The van der Waals surface area contributed by atoms with Crippen molar-refractivity contribution in [3.8, 4) is 0 Å². The second-order valence-electron chi connectivity index (χ2n) is 6.99. The Morgan fingerprint density at radius 2 is 2.29 bits per heavy atom. The minimum atomic E-state index is -0.0728. The van der Waals surface area contributed by atoms with E-state index in [2.05, 4.69) is 20.6 Å². The van der Waals surface area contributed by atoms with Crippen LogP contribution in [-0.2, 0) is 17.7 Å². The summed E-state index contributed by atoms with van der Waals surface area (Å²) in [6, 6.07) is 2.17. The van der Waals surface area contributed by atoms with Crippen molar-refractivity contribution in [2.45, 2.75) is 57.9 Å². The van der Waals surface area contributed by atoms with Crippen molar-refractivity contribution in [1.82, 2.24) is 25.3 Å². The van der Waals surface area contributed by atoms with Gasteiger partial charge >= 0.3 is 0 Å². The molecule has 1 saturated carbocycles. The van der Waals surface area contributed by atoms with Crippen LogP contribution in [0.15, 0.2) is 18.5 Å². The molecule has 0 unspecified atom stereocenters. The number of fused-ring (bicyclic) bond motifs is 1. The molecule has 4 rings (SSSR count). The number of carbonyl (C=O) groups excluding carboxylic acids is 1. The molecule has 0 radical (unpaired) electrons. The highest BCUT2D eigenvalue weighted by Gasteiger charge is 2.34. The van der Waals surface area contributed by atoms with Crippen molar-refractivity contribution < 1.29 is 9.53 Å². The van der Waals surface area contributed by atoms with E-state index in [4.69, 9.17) is 4.74 Å². The first-order chi connectivity index (χ1) is 11.6. The molecule has 0 saturated heterocycles. The lowest BCUT2D eigenvalue weighted by molar-refractivity contribution is -0.00698. The average molecular weight is 329 g/mol. The zero-order valence-corrected chi connectivity index (χ0v) is 14.0. The average Bonchev–Trinajstić information content (AvgIpc) is 3.13. The molecule has 3 heterocycles. The SMILES string of the molecule is C[C@@H]1Cc2c(C(=O)NC3CC(Cn4cccn4)C3)n[nH]c2[C@H](C)O1. The smallest absolute Gasteiger partial charge is 0.272 e. The number of hydrogen-bond acceptors (Lipinski definition) is 4. The zero-order valence-electron chi connectivity index (χ0n) is 14.0.